The van der Waals surface area contributed by atoms with Crippen LogP contribution in [0.4, 0.5) is 0 Å². The molecule has 1 saturated heterocycles. The molecule has 6 heteroatoms. The van der Waals surface area contributed by atoms with Gasteiger partial charge in [0.2, 0.25) is 10.0 Å². The Labute approximate surface area is 184 Å². The van der Waals surface area contributed by atoms with Crippen molar-refractivity contribution in [3.05, 3.63) is 59.9 Å². The van der Waals surface area contributed by atoms with Crippen molar-refractivity contribution < 1.29 is 8.42 Å². The second-order valence-corrected chi connectivity index (χ2v) is 8.77. The molecule has 0 spiro atoms. The van der Waals surface area contributed by atoms with Crippen molar-refractivity contribution in [2.45, 2.75) is 71.2 Å². The summed E-state index contributed by atoms with van der Waals surface area (Å²) in [7, 11) is -3.48. The quantitative estimate of drug-likeness (QED) is 0.680. The molecule has 1 aromatic heterocycles. The van der Waals surface area contributed by atoms with Gasteiger partial charge < -0.3 is 5.32 Å². The lowest BCUT2D eigenvalue weighted by Crippen LogP contribution is -2.46. The average molecular weight is 434 g/mol. The normalized spacial score (nSPS) is 14.3. The standard InChI is InChI=1S/C20H27N3O2S.2C2H6/c1-17-6-8-20(9-7-17)26(24,25)23(19-10-13-21-14-11-19)15-3-5-18-4-2-12-22-16-18;2*1-2/h2,4,6-9,12,16,19,21H,3,5,10-11,13-15H2,1H3;2*1-2H3. The summed E-state index contributed by atoms with van der Waals surface area (Å²) in [5.41, 5.74) is 2.21. The maximum absolute atomic E-state index is 13.3. The largest absolute Gasteiger partial charge is 0.317 e. The fraction of sp³-hybridized carbons (Fsp3) is 0.542. The van der Waals surface area contributed by atoms with Gasteiger partial charge >= 0.3 is 0 Å². The van der Waals surface area contributed by atoms with Gasteiger partial charge in [0.1, 0.15) is 0 Å². The summed E-state index contributed by atoms with van der Waals surface area (Å²) < 4.78 is 28.3. The van der Waals surface area contributed by atoms with E-state index in [9.17, 15) is 8.42 Å². The van der Waals surface area contributed by atoms with Gasteiger partial charge in [-0.1, -0.05) is 51.5 Å². The molecule has 0 bridgehead atoms. The van der Waals surface area contributed by atoms with E-state index in [-0.39, 0.29) is 6.04 Å². The van der Waals surface area contributed by atoms with Crippen LogP contribution in [0.5, 0.6) is 0 Å². The fourth-order valence-corrected chi connectivity index (χ4v) is 5.15. The molecule has 0 saturated carbocycles. The number of piperidine rings is 1. The maximum Gasteiger partial charge on any atom is 0.243 e. The number of hydrogen-bond donors (Lipinski definition) is 1. The van der Waals surface area contributed by atoms with Crippen molar-refractivity contribution in [2.75, 3.05) is 19.6 Å². The molecule has 1 fully saturated rings. The molecule has 168 valence electrons. The molecule has 5 nitrogen and oxygen atoms in total. The van der Waals surface area contributed by atoms with Crippen molar-refractivity contribution in [1.29, 1.82) is 0 Å². The molecular weight excluding hydrogens is 394 g/mol. The number of nitrogens with zero attached hydrogens (tertiary/aromatic N) is 2. The number of aryl methyl sites for hydroxylation is 2. The van der Waals surface area contributed by atoms with Crippen LogP contribution in [0.2, 0.25) is 0 Å². The smallest absolute Gasteiger partial charge is 0.243 e. The molecular formula is C24H39N3O2S. The lowest BCUT2D eigenvalue weighted by Gasteiger charge is -2.34. The number of sulfonamides is 1. The zero-order valence-electron chi connectivity index (χ0n) is 19.3. The van der Waals surface area contributed by atoms with E-state index < -0.39 is 10.0 Å². The van der Waals surface area contributed by atoms with Crippen molar-refractivity contribution in [1.82, 2.24) is 14.6 Å². The predicted molar refractivity (Wildman–Crippen MR) is 126 cm³/mol. The second kappa shape index (κ2) is 14.3. The van der Waals surface area contributed by atoms with Crippen LogP contribution in [0.25, 0.3) is 0 Å². The Kier molecular flexibility index (Phi) is 12.5. The van der Waals surface area contributed by atoms with Gasteiger partial charge in [-0.15, -0.1) is 0 Å². The van der Waals surface area contributed by atoms with E-state index in [1.807, 2.05) is 65.1 Å². The first kappa shape index (κ1) is 26.3. The van der Waals surface area contributed by atoms with Gasteiger partial charge in [-0.05, 0) is 69.5 Å². The van der Waals surface area contributed by atoms with Gasteiger partial charge in [-0.25, -0.2) is 8.42 Å². The summed E-state index contributed by atoms with van der Waals surface area (Å²) >= 11 is 0. The Morgan fingerprint density at radius 1 is 1.03 bits per heavy atom. The lowest BCUT2D eigenvalue weighted by molar-refractivity contribution is 0.260. The van der Waals surface area contributed by atoms with Crippen LogP contribution in [0.1, 0.15) is 58.1 Å². The van der Waals surface area contributed by atoms with Crippen LogP contribution in [-0.4, -0.2) is 43.4 Å². The molecule has 1 aromatic carbocycles. The Bertz CT molecular complexity index is 787. The second-order valence-electron chi connectivity index (χ2n) is 6.87. The fourth-order valence-electron chi connectivity index (χ4n) is 3.42. The number of hydrogen-bond acceptors (Lipinski definition) is 4. The molecule has 30 heavy (non-hydrogen) atoms. The van der Waals surface area contributed by atoms with Gasteiger partial charge in [-0.3, -0.25) is 4.98 Å². The Hall–Kier alpha value is -1.76. The van der Waals surface area contributed by atoms with E-state index >= 15 is 0 Å². The van der Waals surface area contributed by atoms with E-state index in [4.69, 9.17) is 0 Å². The average Bonchev–Trinajstić information content (AvgIpc) is 2.81. The molecule has 0 radical (unpaired) electrons. The van der Waals surface area contributed by atoms with Gasteiger partial charge in [0.05, 0.1) is 4.90 Å². The summed E-state index contributed by atoms with van der Waals surface area (Å²) in [6.45, 7) is 12.2. The molecule has 2 aromatic rings. The third-order valence-corrected chi connectivity index (χ3v) is 6.88. The zero-order chi connectivity index (χ0) is 22.4. The zero-order valence-corrected chi connectivity index (χ0v) is 20.1. The van der Waals surface area contributed by atoms with E-state index in [0.29, 0.717) is 11.4 Å². The summed E-state index contributed by atoms with van der Waals surface area (Å²) in [6, 6.07) is 11.2. The highest BCUT2D eigenvalue weighted by Crippen LogP contribution is 2.23. The third kappa shape index (κ3) is 7.82. The first-order valence-corrected chi connectivity index (χ1v) is 12.7. The van der Waals surface area contributed by atoms with E-state index in [2.05, 4.69) is 10.3 Å². The molecule has 0 aliphatic carbocycles. The highest BCUT2D eigenvalue weighted by molar-refractivity contribution is 7.89. The SMILES string of the molecule is CC.CC.Cc1ccc(S(=O)(=O)N(CCCc2cccnc2)C2CCNCC2)cc1. The van der Waals surface area contributed by atoms with Crippen LogP contribution in [0, 0.1) is 6.92 Å². The Morgan fingerprint density at radius 3 is 2.23 bits per heavy atom. The number of benzene rings is 1. The van der Waals surface area contributed by atoms with E-state index in [0.717, 1.165) is 49.9 Å². The summed E-state index contributed by atoms with van der Waals surface area (Å²) in [5.74, 6) is 0. The molecule has 0 amide bonds. The molecule has 3 rings (SSSR count). The number of rotatable bonds is 7. The van der Waals surface area contributed by atoms with Crippen LogP contribution < -0.4 is 5.32 Å². The third-order valence-electron chi connectivity index (χ3n) is 4.91. The molecule has 0 atom stereocenters. The van der Waals surface area contributed by atoms with Gasteiger partial charge in [0.15, 0.2) is 0 Å². The minimum atomic E-state index is -3.48. The summed E-state index contributed by atoms with van der Waals surface area (Å²) in [4.78, 5) is 4.53. The Morgan fingerprint density at radius 2 is 1.67 bits per heavy atom. The molecule has 1 aliphatic rings. The lowest BCUT2D eigenvalue weighted by atomic mass is 10.1. The first-order valence-electron chi connectivity index (χ1n) is 11.3. The van der Waals surface area contributed by atoms with Crippen LogP contribution in [0.3, 0.4) is 0 Å². The highest BCUT2D eigenvalue weighted by atomic mass is 32.2. The van der Waals surface area contributed by atoms with Crippen molar-refractivity contribution in [2.24, 2.45) is 0 Å². The van der Waals surface area contributed by atoms with Crippen molar-refractivity contribution in [3.8, 4) is 0 Å². The molecule has 0 unspecified atom stereocenters. The minimum absolute atomic E-state index is 0.0662. The van der Waals surface area contributed by atoms with Crippen molar-refractivity contribution in [3.63, 3.8) is 0 Å². The van der Waals surface area contributed by atoms with Crippen LogP contribution >= 0.6 is 0 Å². The number of nitrogens with one attached hydrogen (secondary N) is 1. The minimum Gasteiger partial charge on any atom is -0.317 e. The summed E-state index contributed by atoms with van der Waals surface area (Å²) in [5, 5.41) is 3.32. The van der Waals surface area contributed by atoms with Gasteiger partial charge in [0.25, 0.3) is 0 Å². The molecule has 1 aliphatic heterocycles. The summed E-state index contributed by atoms with van der Waals surface area (Å²) in [6.07, 6.45) is 6.95. The van der Waals surface area contributed by atoms with Crippen LogP contribution in [-0.2, 0) is 16.4 Å². The van der Waals surface area contributed by atoms with E-state index in [1.165, 1.54) is 0 Å². The number of pyridine rings is 1. The number of aromatic nitrogens is 1. The maximum atomic E-state index is 13.3. The molecule has 1 N–H and O–H groups in total. The van der Waals surface area contributed by atoms with Gasteiger partial charge in [-0.2, -0.15) is 4.31 Å². The highest BCUT2D eigenvalue weighted by Gasteiger charge is 2.31. The topological polar surface area (TPSA) is 62.3 Å². The Balaban J connectivity index is 0.00000106. The monoisotopic (exact) mass is 433 g/mol. The van der Waals surface area contributed by atoms with Gasteiger partial charge in [0, 0.05) is 25.0 Å². The van der Waals surface area contributed by atoms with Crippen molar-refractivity contribution >= 4 is 10.0 Å². The van der Waals surface area contributed by atoms with Crippen LogP contribution in [0.15, 0.2) is 53.7 Å². The first-order chi connectivity index (χ1) is 14.6. The predicted octanol–water partition coefficient (Wildman–Crippen LogP) is 4.82. The van der Waals surface area contributed by atoms with E-state index in [1.54, 1.807) is 22.6 Å². The molecule has 2 heterocycles.